The minimum atomic E-state index is -0.751. The van der Waals surface area contributed by atoms with E-state index in [-0.39, 0.29) is 24.9 Å². The lowest BCUT2D eigenvalue weighted by Crippen LogP contribution is -2.38. The van der Waals surface area contributed by atoms with Gasteiger partial charge in [0.25, 0.3) is 5.91 Å². The molecule has 1 aromatic carbocycles. The van der Waals surface area contributed by atoms with Gasteiger partial charge in [-0.25, -0.2) is 0 Å². The summed E-state index contributed by atoms with van der Waals surface area (Å²) in [6.45, 7) is -0.0652. The van der Waals surface area contributed by atoms with Gasteiger partial charge in [0, 0.05) is 17.1 Å². The topological polar surface area (TPSA) is 78.4 Å². The lowest BCUT2D eigenvalue weighted by molar-refractivity contribution is -0.120. The predicted molar refractivity (Wildman–Crippen MR) is 86.1 cm³/mol. The van der Waals surface area contributed by atoms with Gasteiger partial charge in [0.15, 0.2) is 0 Å². The van der Waals surface area contributed by atoms with E-state index in [0.717, 1.165) is 5.56 Å². The average Bonchev–Trinajstić information content (AvgIpc) is 3.04. The second kappa shape index (κ2) is 7.93. The number of benzene rings is 1. The summed E-state index contributed by atoms with van der Waals surface area (Å²) in [6, 6.07) is 8.25. The van der Waals surface area contributed by atoms with E-state index in [9.17, 15) is 14.7 Å². The van der Waals surface area contributed by atoms with Crippen LogP contribution in [0.5, 0.6) is 0 Å². The Hall–Kier alpha value is -1.89. The molecule has 1 unspecified atom stereocenters. The number of hydrogen-bond acceptors (Lipinski definition) is 4. The number of hydrogen-bond donors (Lipinski definition) is 3. The molecule has 116 valence electrons. The van der Waals surface area contributed by atoms with Gasteiger partial charge in [0.2, 0.25) is 5.91 Å². The number of aliphatic hydroxyl groups excluding tert-OH is 1. The van der Waals surface area contributed by atoms with Gasteiger partial charge < -0.3 is 15.7 Å². The molecule has 1 heterocycles. The van der Waals surface area contributed by atoms with Gasteiger partial charge in [0.05, 0.1) is 12.6 Å². The Morgan fingerprint density at radius 3 is 2.77 bits per heavy atom. The highest BCUT2D eigenvalue weighted by Gasteiger charge is 2.11. The van der Waals surface area contributed by atoms with Crippen LogP contribution in [0.3, 0.4) is 0 Å². The molecule has 1 atom stereocenters. The number of rotatable bonds is 6. The van der Waals surface area contributed by atoms with Crippen LogP contribution in [0.1, 0.15) is 22.0 Å². The summed E-state index contributed by atoms with van der Waals surface area (Å²) >= 11 is 7.27. The van der Waals surface area contributed by atoms with Crippen molar-refractivity contribution in [2.45, 2.75) is 6.10 Å². The van der Waals surface area contributed by atoms with Crippen molar-refractivity contribution in [2.75, 3.05) is 13.1 Å². The lowest BCUT2D eigenvalue weighted by atomic mass is 10.2. The standard InChI is InChI=1S/C15H15ClN2O3S/c16-12-3-1-2-10(6-12)15(21)18-8-14(20)17-7-13(19)11-4-5-22-9-11/h1-6,9,13,19H,7-8H2,(H,17,20)(H,18,21). The Kier molecular flexibility index (Phi) is 5.94. The first-order valence-electron chi connectivity index (χ1n) is 6.57. The van der Waals surface area contributed by atoms with Crippen molar-refractivity contribution in [1.29, 1.82) is 0 Å². The molecular weight excluding hydrogens is 324 g/mol. The first-order valence-corrected chi connectivity index (χ1v) is 7.89. The molecule has 7 heteroatoms. The lowest BCUT2D eigenvalue weighted by Gasteiger charge is -2.11. The predicted octanol–water partition coefficient (Wildman–Crippen LogP) is 1.98. The van der Waals surface area contributed by atoms with Crippen LogP contribution in [0.4, 0.5) is 0 Å². The number of halogens is 1. The van der Waals surface area contributed by atoms with Crippen molar-refractivity contribution >= 4 is 34.8 Å². The van der Waals surface area contributed by atoms with Gasteiger partial charge in [-0.1, -0.05) is 17.7 Å². The number of thiophene rings is 1. The molecule has 3 N–H and O–H groups in total. The quantitative estimate of drug-likeness (QED) is 0.753. The minimum Gasteiger partial charge on any atom is -0.387 e. The van der Waals surface area contributed by atoms with Crippen LogP contribution < -0.4 is 10.6 Å². The Bertz CT molecular complexity index is 646. The van der Waals surface area contributed by atoms with Gasteiger partial charge >= 0.3 is 0 Å². The first-order chi connectivity index (χ1) is 10.6. The van der Waals surface area contributed by atoms with Crippen LogP contribution >= 0.6 is 22.9 Å². The number of amides is 2. The number of nitrogens with one attached hydrogen (secondary N) is 2. The zero-order valence-corrected chi connectivity index (χ0v) is 13.2. The Morgan fingerprint density at radius 2 is 2.09 bits per heavy atom. The summed E-state index contributed by atoms with van der Waals surface area (Å²) < 4.78 is 0. The Balaban J connectivity index is 1.74. The molecule has 0 saturated carbocycles. The summed E-state index contributed by atoms with van der Waals surface area (Å²) in [6.07, 6.45) is -0.751. The molecule has 0 aliphatic heterocycles. The van der Waals surface area contributed by atoms with E-state index in [1.54, 1.807) is 24.3 Å². The monoisotopic (exact) mass is 338 g/mol. The highest BCUT2D eigenvalue weighted by molar-refractivity contribution is 7.07. The van der Waals surface area contributed by atoms with Crippen LogP contribution in [0, 0.1) is 0 Å². The first kappa shape index (κ1) is 16.5. The van der Waals surface area contributed by atoms with Crippen LogP contribution in [0.25, 0.3) is 0 Å². The maximum Gasteiger partial charge on any atom is 0.251 e. The molecule has 0 fully saturated rings. The van der Waals surface area contributed by atoms with E-state index in [0.29, 0.717) is 10.6 Å². The third-order valence-corrected chi connectivity index (χ3v) is 3.85. The van der Waals surface area contributed by atoms with Crippen LogP contribution in [0.2, 0.25) is 5.02 Å². The van der Waals surface area contributed by atoms with Crippen molar-refractivity contribution in [1.82, 2.24) is 10.6 Å². The van der Waals surface area contributed by atoms with E-state index in [1.165, 1.54) is 17.4 Å². The second-order valence-electron chi connectivity index (χ2n) is 4.57. The molecule has 0 bridgehead atoms. The van der Waals surface area contributed by atoms with Gasteiger partial charge in [-0.05, 0) is 40.6 Å². The van der Waals surface area contributed by atoms with Crippen molar-refractivity contribution in [3.05, 3.63) is 57.2 Å². The molecule has 1 aromatic heterocycles. The van der Waals surface area contributed by atoms with Gasteiger partial charge in [0.1, 0.15) is 0 Å². The number of carbonyl (C=O) groups is 2. The summed E-state index contributed by atoms with van der Waals surface area (Å²) in [5, 5.41) is 19.0. The highest BCUT2D eigenvalue weighted by atomic mass is 35.5. The summed E-state index contributed by atoms with van der Waals surface area (Å²) in [7, 11) is 0. The van der Waals surface area contributed by atoms with Gasteiger partial charge in [-0.2, -0.15) is 11.3 Å². The molecule has 2 rings (SSSR count). The van der Waals surface area contributed by atoms with Crippen LogP contribution in [-0.2, 0) is 4.79 Å². The molecule has 0 saturated heterocycles. The van der Waals surface area contributed by atoms with E-state index in [2.05, 4.69) is 10.6 Å². The molecular formula is C15H15ClN2O3S. The van der Waals surface area contributed by atoms with Crippen molar-refractivity contribution in [3.63, 3.8) is 0 Å². The molecule has 22 heavy (non-hydrogen) atoms. The minimum absolute atomic E-state index is 0.0998. The zero-order chi connectivity index (χ0) is 15.9. The molecule has 0 aliphatic carbocycles. The van der Waals surface area contributed by atoms with E-state index < -0.39 is 6.10 Å². The average molecular weight is 339 g/mol. The Labute approximate surface area is 136 Å². The maximum atomic E-state index is 11.8. The highest BCUT2D eigenvalue weighted by Crippen LogP contribution is 2.15. The normalized spacial score (nSPS) is 11.7. The van der Waals surface area contributed by atoms with Crippen molar-refractivity contribution in [2.24, 2.45) is 0 Å². The third-order valence-electron chi connectivity index (χ3n) is 2.92. The maximum absolute atomic E-state index is 11.8. The third kappa shape index (κ3) is 4.84. The summed E-state index contributed by atoms with van der Waals surface area (Å²) in [5.41, 5.74) is 1.15. The van der Waals surface area contributed by atoms with E-state index >= 15 is 0 Å². The van der Waals surface area contributed by atoms with E-state index in [4.69, 9.17) is 11.6 Å². The van der Waals surface area contributed by atoms with Crippen LogP contribution in [-0.4, -0.2) is 30.0 Å². The van der Waals surface area contributed by atoms with Gasteiger partial charge in [-0.15, -0.1) is 0 Å². The summed E-state index contributed by atoms with van der Waals surface area (Å²) in [5.74, 6) is -0.749. The molecule has 2 aromatic rings. The summed E-state index contributed by atoms with van der Waals surface area (Å²) in [4.78, 5) is 23.5. The molecule has 0 aliphatic rings. The smallest absolute Gasteiger partial charge is 0.251 e. The fraction of sp³-hybridized carbons (Fsp3) is 0.200. The van der Waals surface area contributed by atoms with Crippen molar-refractivity contribution in [3.8, 4) is 0 Å². The molecule has 2 amide bonds. The zero-order valence-electron chi connectivity index (χ0n) is 11.6. The largest absolute Gasteiger partial charge is 0.387 e. The molecule has 0 spiro atoms. The van der Waals surface area contributed by atoms with Crippen LogP contribution in [0.15, 0.2) is 41.1 Å². The fourth-order valence-corrected chi connectivity index (χ4v) is 2.65. The fourth-order valence-electron chi connectivity index (χ4n) is 1.75. The second-order valence-corrected chi connectivity index (χ2v) is 5.79. The number of carbonyl (C=O) groups excluding carboxylic acids is 2. The molecule has 0 radical (unpaired) electrons. The van der Waals surface area contributed by atoms with Gasteiger partial charge in [-0.3, -0.25) is 9.59 Å². The number of aliphatic hydroxyl groups is 1. The van der Waals surface area contributed by atoms with Crippen molar-refractivity contribution < 1.29 is 14.7 Å². The Morgan fingerprint density at radius 1 is 1.27 bits per heavy atom. The van der Waals surface area contributed by atoms with E-state index in [1.807, 2.05) is 10.8 Å². The molecule has 5 nitrogen and oxygen atoms in total. The SMILES string of the molecule is O=C(CNC(=O)c1cccc(Cl)c1)NCC(O)c1ccsc1.